The standard InChI is InChI=1S/C28H41BrClFN8O6/c1-28(2,3)45-27(40)39-8-6-38(7-9-39)25-20-19-21(30)22(29)23(31)24(20)34-26(35-25)37(4)10-12-42-14-16-44-18-17-43-15-13-41-11-5-33-36-32/h19H,5-18H2,1-4H3. The van der Waals surface area contributed by atoms with Gasteiger partial charge in [0.05, 0.1) is 62.4 Å². The van der Waals surface area contributed by atoms with Crippen LogP contribution in [0, 0.1) is 5.82 Å². The Labute approximate surface area is 275 Å². The number of hydrogen-bond donors (Lipinski definition) is 0. The average molecular weight is 720 g/mol. The average Bonchev–Trinajstić information content (AvgIpc) is 3.00. The molecule has 1 aliphatic rings. The summed E-state index contributed by atoms with van der Waals surface area (Å²) in [6, 6.07) is 1.65. The maximum atomic E-state index is 15.4. The number of ether oxygens (including phenoxy) is 5. The van der Waals surface area contributed by atoms with Crippen LogP contribution in [0.15, 0.2) is 15.7 Å². The molecule has 1 amide bonds. The largest absolute Gasteiger partial charge is 0.444 e. The molecule has 1 saturated heterocycles. The van der Waals surface area contributed by atoms with Crippen molar-refractivity contribution in [2.24, 2.45) is 5.11 Å². The summed E-state index contributed by atoms with van der Waals surface area (Å²) >= 11 is 9.54. The third-order valence-corrected chi connectivity index (χ3v) is 7.75. The number of fused-ring (bicyclic) bond motifs is 1. The zero-order chi connectivity index (χ0) is 32.8. The van der Waals surface area contributed by atoms with E-state index in [-0.39, 0.29) is 21.1 Å². The summed E-state index contributed by atoms with van der Waals surface area (Å²) in [6.45, 7) is 11.3. The number of likely N-dealkylation sites (N-methyl/N-ethyl adjacent to an activating group) is 1. The molecule has 45 heavy (non-hydrogen) atoms. The van der Waals surface area contributed by atoms with Crippen LogP contribution >= 0.6 is 27.5 Å². The number of anilines is 2. The fourth-order valence-electron chi connectivity index (χ4n) is 4.20. The first-order valence-electron chi connectivity index (χ1n) is 14.6. The minimum absolute atomic E-state index is 0.133. The van der Waals surface area contributed by atoms with Gasteiger partial charge >= 0.3 is 6.09 Å². The number of amides is 1. The Morgan fingerprint density at radius 1 is 1.04 bits per heavy atom. The summed E-state index contributed by atoms with van der Waals surface area (Å²) in [4.78, 5) is 30.0. The molecule has 0 bridgehead atoms. The number of carbonyl (C=O) groups is 1. The molecule has 0 aliphatic carbocycles. The summed E-state index contributed by atoms with van der Waals surface area (Å²) < 4.78 is 42.9. The van der Waals surface area contributed by atoms with E-state index in [1.54, 1.807) is 15.9 Å². The van der Waals surface area contributed by atoms with E-state index >= 15 is 4.39 Å². The SMILES string of the molecule is CN(CCOCCOCCOCCOCCN=[N+]=[N-])c1nc(N2CCN(C(=O)OC(C)(C)C)CC2)c2cc(Cl)c(Br)c(F)c2n1. The summed E-state index contributed by atoms with van der Waals surface area (Å²) in [6.07, 6.45) is -0.367. The molecule has 1 fully saturated rings. The zero-order valence-electron chi connectivity index (χ0n) is 26.1. The van der Waals surface area contributed by atoms with Gasteiger partial charge in [-0.25, -0.2) is 14.2 Å². The first kappa shape index (κ1) is 36.7. The van der Waals surface area contributed by atoms with Gasteiger partial charge in [-0.05, 0) is 48.3 Å². The highest BCUT2D eigenvalue weighted by molar-refractivity contribution is 9.10. The van der Waals surface area contributed by atoms with Gasteiger partial charge < -0.3 is 38.4 Å². The Bertz CT molecular complexity index is 1310. The predicted octanol–water partition coefficient (Wildman–Crippen LogP) is 5.05. The van der Waals surface area contributed by atoms with Crippen LogP contribution in [-0.4, -0.2) is 126 Å². The van der Waals surface area contributed by atoms with Crippen molar-refractivity contribution in [2.75, 3.05) is 109 Å². The number of azide groups is 1. The minimum atomic E-state index is -0.586. The van der Waals surface area contributed by atoms with E-state index in [4.69, 9.17) is 45.8 Å². The molecule has 3 rings (SSSR count). The molecular weight excluding hydrogens is 679 g/mol. The number of rotatable bonds is 17. The molecule has 0 radical (unpaired) electrons. The van der Waals surface area contributed by atoms with Crippen molar-refractivity contribution in [1.29, 1.82) is 0 Å². The van der Waals surface area contributed by atoms with Crippen molar-refractivity contribution in [2.45, 2.75) is 26.4 Å². The van der Waals surface area contributed by atoms with Crippen LogP contribution in [0.2, 0.25) is 5.02 Å². The molecule has 14 nitrogen and oxygen atoms in total. The van der Waals surface area contributed by atoms with Gasteiger partial charge in [-0.2, -0.15) is 4.98 Å². The lowest BCUT2D eigenvalue weighted by Gasteiger charge is -2.36. The van der Waals surface area contributed by atoms with Gasteiger partial charge in [-0.15, -0.1) is 0 Å². The van der Waals surface area contributed by atoms with Gasteiger partial charge in [-0.3, -0.25) is 0 Å². The monoisotopic (exact) mass is 718 g/mol. The molecule has 0 atom stereocenters. The van der Waals surface area contributed by atoms with E-state index in [0.29, 0.717) is 109 Å². The molecule has 250 valence electrons. The van der Waals surface area contributed by atoms with E-state index in [1.165, 1.54) is 0 Å². The molecule has 1 aromatic heterocycles. The summed E-state index contributed by atoms with van der Waals surface area (Å²) in [5.41, 5.74) is 7.75. The highest BCUT2D eigenvalue weighted by atomic mass is 79.9. The van der Waals surface area contributed by atoms with Gasteiger partial charge in [0, 0.05) is 56.6 Å². The maximum Gasteiger partial charge on any atom is 0.410 e. The molecule has 1 aliphatic heterocycles. The maximum absolute atomic E-state index is 15.4. The molecule has 2 heterocycles. The number of benzene rings is 1. The highest BCUT2D eigenvalue weighted by Crippen LogP contribution is 2.36. The third-order valence-electron chi connectivity index (χ3n) is 6.45. The number of hydrogen-bond acceptors (Lipinski definition) is 11. The van der Waals surface area contributed by atoms with Crippen LogP contribution in [0.1, 0.15) is 20.8 Å². The minimum Gasteiger partial charge on any atom is -0.444 e. The number of carbonyl (C=O) groups excluding carboxylic acids is 1. The van der Waals surface area contributed by atoms with Crippen molar-refractivity contribution in [1.82, 2.24) is 14.9 Å². The predicted molar refractivity (Wildman–Crippen MR) is 173 cm³/mol. The Morgan fingerprint density at radius 3 is 2.20 bits per heavy atom. The number of aromatic nitrogens is 2. The van der Waals surface area contributed by atoms with E-state index in [0.717, 1.165) is 0 Å². The molecule has 17 heteroatoms. The quantitative estimate of drug-likeness (QED) is 0.0715. The molecule has 0 unspecified atom stereocenters. The Balaban J connectivity index is 1.50. The molecule has 0 N–H and O–H groups in total. The van der Waals surface area contributed by atoms with Gasteiger partial charge in [0.25, 0.3) is 0 Å². The Morgan fingerprint density at radius 2 is 1.62 bits per heavy atom. The van der Waals surface area contributed by atoms with E-state index in [2.05, 4.69) is 30.9 Å². The zero-order valence-corrected chi connectivity index (χ0v) is 28.5. The molecule has 0 saturated carbocycles. The van der Waals surface area contributed by atoms with Crippen LogP contribution in [0.25, 0.3) is 21.3 Å². The second-order valence-corrected chi connectivity index (χ2v) is 12.2. The van der Waals surface area contributed by atoms with Crippen molar-refractivity contribution in [3.05, 3.63) is 31.8 Å². The van der Waals surface area contributed by atoms with Crippen molar-refractivity contribution in [3.8, 4) is 0 Å². The summed E-state index contributed by atoms with van der Waals surface area (Å²) in [5, 5.41) is 4.08. The first-order valence-corrected chi connectivity index (χ1v) is 15.8. The number of halogens is 3. The van der Waals surface area contributed by atoms with Crippen molar-refractivity contribution < 1.29 is 32.9 Å². The number of nitrogens with zero attached hydrogens (tertiary/aromatic N) is 8. The summed E-state index contributed by atoms with van der Waals surface area (Å²) in [5.74, 6) is 0.299. The smallest absolute Gasteiger partial charge is 0.410 e. The van der Waals surface area contributed by atoms with E-state index in [9.17, 15) is 4.79 Å². The molecule has 1 aromatic carbocycles. The normalized spacial score (nSPS) is 13.7. The summed E-state index contributed by atoms with van der Waals surface area (Å²) in [7, 11) is 1.81. The van der Waals surface area contributed by atoms with Crippen molar-refractivity contribution >= 4 is 56.3 Å². The lowest BCUT2D eigenvalue weighted by atomic mass is 10.2. The van der Waals surface area contributed by atoms with Gasteiger partial charge in [-0.1, -0.05) is 16.7 Å². The van der Waals surface area contributed by atoms with Crippen molar-refractivity contribution in [3.63, 3.8) is 0 Å². The van der Waals surface area contributed by atoms with E-state index in [1.807, 2.05) is 32.7 Å². The fraction of sp³-hybridized carbons (Fsp3) is 0.679. The molecule has 0 spiro atoms. The second kappa shape index (κ2) is 18.4. The topological polar surface area (TPSA) is 147 Å². The third kappa shape index (κ3) is 11.9. The molecular formula is C28H41BrClFN8O6. The van der Waals surface area contributed by atoms with Gasteiger partial charge in [0.1, 0.15) is 16.9 Å². The fourth-order valence-corrected chi connectivity index (χ4v) is 4.69. The van der Waals surface area contributed by atoms with Crippen LogP contribution in [-0.2, 0) is 23.7 Å². The van der Waals surface area contributed by atoms with Crippen LogP contribution in [0.5, 0.6) is 0 Å². The second-order valence-electron chi connectivity index (χ2n) is 11.0. The van der Waals surface area contributed by atoms with Gasteiger partial charge in [0.15, 0.2) is 5.82 Å². The van der Waals surface area contributed by atoms with E-state index < -0.39 is 11.4 Å². The Kier molecular flexibility index (Phi) is 15.1. The van der Waals surface area contributed by atoms with Crippen LogP contribution in [0.4, 0.5) is 21.0 Å². The lowest BCUT2D eigenvalue weighted by Crippen LogP contribution is -2.50. The van der Waals surface area contributed by atoms with Gasteiger partial charge in [0.2, 0.25) is 5.95 Å². The van der Waals surface area contributed by atoms with Crippen LogP contribution in [0.3, 0.4) is 0 Å². The van der Waals surface area contributed by atoms with Crippen LogP contribution < -0.4 is 9.80 Å². The highest BCUT2D eigenvalue weighted by Gasteiger charge is 2.28. The first-order chi connectivity index (χ1) is 21.5. The Hall–Kier alpha value is -2.72. The molecule has 2 aromatic rings. The number of piperazine rings is 1. The lowest BCUT2D eigenvalue weighted by molar-refractivity contribution is -0.000210.